The van der Waals surface area contributed by atoms with Crippen LogP contribution in [0.2, 0.25) is 0 Å². The zero-order valence-corrected chi connectivity index (χ0v) is 8.44. The van der Waals surface area contributed by atoms with Crippen molar-refractivity contribution in [2.45, 2.75) is 19.4 Å². The van der Waals surface area contributed by atoms with Gasteiger partial charge in [-0.1, -0.05) is 6.07 Å². The minimum atomic E-state index is -0.725. The molecule has 82 valence electrons. The lowest BCUT2D eigenvalue weighted by molar-refractivity contribution is -0.144. The standard InChI is InChI=1S/C10H13FN2O2/c1-2-15-10(14)8(12)5-7-3-4-9(11)13-6-7/h3-4,6,8H,2,5,12H2,1H3/t8-/m0/s1. The summed E-state index contributed by atoms with van der Waals surface area (Å²) < 4.78 is 17.2. The maximum absolute atomic E-state index is 12.5. The predicted molar refractivity (Wildman–Crippen MR) is 52.5 cm³/mol. The van der Waals surface area contributed by atoms with Crippen molar-refractivity contribution in [1.82, 2.24) is 4.98 Å². The SMILES string of the molecule is CCOC(=O)[C@@H](N)Cc1ccc(F)nc1. The number of esters is 1. The second-order valence-electron chi connectivity index (χ2n) is 3.05. The van der Waals surface area contributed by atoms with E-state index in [4.69, 9.17) is 10.5 Å². The molecule has 0 radical (unpaired) electrons. The number of nitrogens with two attached hydrogens (primary N) is 1. The fourth-order valence-electron chi connectivity index (χ4n) is 1.11. The van der Waals surface area contributed by atoms with E-state index in [-0.39, 0.29) is 0 Å². The van der Waals surface area contributed by atoms with Crippen LogP contribution in [0.25, 0.3) is 0 Å². The van der Waals surface area contributed by atoms with E-state index in [1.807, 2.05) is 0 Å². The molecule has 1 aromatic rings. The molecule has 0 saturated heterocycles. The lowest BCUT2D eigenvalue weighted by Crippen LogP contribution is -2.34. The zero-order chi connectivity index (χ0) is 11.3. The molecule has 2 N–H and O–H groups in total. The van der Waals surface area contributed by atoms with Crippen LogP contribution < -0.4 is 5.73 Å². The Morgan fingerprint density at radius 1 is 1.67 bits per heavy atom. The van der Waals surface area contributed by atoms with Gasteiger partial charge in [-0.25, -0.2) is 4.98 Å². The van der Waals surface area contributed by atoms with Gasteiger partial charge in [0.25, 0.3) is 0 Å². The summed E-state index contributed by atoms with van der Waals surface area (Å²) >= 11 is 0. The second-order valence-corrected chi connectivity index (χ2v) is 3.05. The molecule has 0 amide bonds. The second kappa shape index (κ2) is 5.41. The zero-order valence-electron chi connectivity index (χ0n) is 8.44. The van der Waals surface area contributed by atoms with Crippen LogP contribution >= 0.6 is 0 Å². The van der Waals surface area contributed by atoms with Gasteiger partial charge in [0.1, 0.15) is 6.04 Å². The van der Waals surface area contributed by atoms with E-state index >= 15 is 0 Å². The minimum absolute atomic E-state index is 0.298. The van der Waals surface area contributed by atoms with Gasteiger partial charge in [0.2, 0.25) is 5.95 Å². The van der Waals surface area contributed by atoms with Crippen molar-refractivity contribution in [1.29, 1.82) is 0 Å². The average molecular weight is 212 g/mol. The fraction of sp³-hybridized carbons (Fsp3) is 0.400. The summed E-state index contributed by atoms with van der Waals surface area (Å²) in [7, 11) is 0. The molecule has 0 aromatic carbocycles. The summed E-state index contributed by atoms with van der Waals surface area (Å²) in [5.74, 6) is -1.01. The maximum atomic E-state index is 12.5. The van der Waals surface area contributed by atoms with Crippen molar-refractivity contribution in [3.05, 3.63) is 29.8 Å². The van der Waals surface area contributed by atoms with Crippen molar-refractivity contribution < 1.29 is 13.9 Å². The fourth-order valence-corrected chi connectivity index (χ4v) is 1.11. The molecule has 5 heteroatoms. The first-order valence-corrected chi connectivity index (χ1v) is 4.66. The molecule has 0 aliphatic rings. The first-order valence-electron chi connectivity index (χ1n) is 4.66. The smallest absolute Gasteiger partial charge is 0.323 e. The molecule has 0 fully saturated rings. The van der Waals surface area contributed by atoms with Crippen LogP contribution in [0, 0.1) is 5.95 Å². The Kier molecular flexibility index (Phi) is 4.17. The van der Waals surface area contributed by atoms with Crippen molar-refractivity contribution in [2.75, 3.05) is 6.61 Å². The highest BCUT2D eigenvalue weighted by atomic mass is 19.1. The molecule has 0 unspecified atom stereocenters. The van der Waals surface area contributed by atoms with E-state index in [0.29, 0.717) is 18.6 Å². The Hall–Kier alpha value is -1.49. The molecule has 0 aliphatic heterocycles. The highest BCUT2D eigenvalue weighted by Crippen LogP contribution is 2.03. The van der Waals surface area contributed by atoms with E-state index in [1.54, 1.807) is 13.0 Å². The summed E-state index contributed by atoms with van der Waals surface area (Å²) in [6.07, 6.45) is 1.65. The highest BCUT2D eigenvalue weighted by Gasteiger charge is 2.14. The number of hydrogen-bond donors (Lipinski definition) is 1. The monoisotopic (exact) mass is 212 g/mol. The largest absolute Gasteiger partial charge is 0.465 e. The molecular weight excluding hydrogens is 199 g/mol. The van der Waals surface area contributed by atoms with Crippen molar-refractivity contribution >= 4 is 5.97 Å². The van der Waals surface area contributed by atoms with Gasteiger partial charge in [0.05, 0.1) is 6.61 Å². The predicted octanol–water partition coefficient (Wildman–Crippen LogP) is 0.654. The van der Waals surface area contributed by atoms with Gasteiger partial charge in [0.15, 0.2) is 0 Å². The Bertz CT molecular complexity index is 327. The third kappa shape index (κ3) is 3.63. The first kappa shape index (κ1) is 11.6. The van der Waals surface area contributed by atoms with Crippen LogP contribution in [-0.4, -0.2) is 23.6 Å². The number of hydrogen-bond acceptors (Lipinski definition) is 4. The molecule has 15 heavy (non-hydrogen) atoms. The Labute approximate surface area is 87.3 Å². The summed E-state index contributed by atoms with van der Waals surface area (Å²) in [6, 6.07) is 2.05. The summed E-state index contributed by atoms with van der Waals surface area (Å²) in [5.41, 5.74) is 6.28. The molecule has 1 rings (SSSR count). The number of aromatic nitrogens is 1. The van der Waals surface area contributed by atoms with Crippen molar-refractivity contribution in [3.8, 4) is 0 Å². The molecule has 0 spiro atoms. The Morgan fingerprint density at radius 3 is 2.93 bits per heavy atom. The third-order valence-corrected chi connectivity index (χ3v) is 1.83. The molecule has 0 bridgehead atoms. The van der Waals surface area contributed by atoms with Gasteiger partial charge in [-0.2, -0.15) is 4.39 Å². The van der Waals surface area contributed by atoms with E-state index in [0.717, 1.165) is 0 Å². The van der Waals surface area contributed by atoms with E-state index in [9.17, 15) is 9.18 Å². The van der Waals surface area contributed by atoms with Gasteiger partial charge in [-0.15, -0.1) is 0 Å². The lowest BCUT2D eigenvalue weighted by atomic mass is 10.1. The molecule has 4 nitrogen and oxygen atoms in total. The highest BCUT2D eigenvalue weighted by molar-refractivity contribution is 5.75. The van der Waals surface area contributed by atoms with Crippen molar-refractivity contribution in [3.63, 3.8) is 0 Å². The topological polar surface area (TPSA) is 65.2 Å². The van der Waals surface area contributed by atoms with E-state index < -0.39 is 18.0 Å². The molecule has 1 atom stereocenters. The molecule has 0 aliphatic carbocycles. The van der Waals surface area contributed by atoms with E-state index in [1.165, 1.54) is 12.3 Å². The van der Waals surface area contributed by atoms with Crippen LogP contribution in [0.15, 0.2) is 18.3 Å². The number of ether oxygens (including phenoxy) is 1. The van der Waals surface area contributed by atoms with E-state index in [2.05, 4.69) is 4.98 Å². The van der Waals surface area contributed by atoms with Crippen molar-refractivity contribution in [2.24, 2.45) is 5.73 Å². The van der Waals surface area contributed by atoms with Gasteiger partial charge in [-0.05, 0) is 25.0 Å². The molecular formula is C10H13FN2O2. The molecule has 0 saturated carbocycles. The normalized spacial score (nSPS) is 12.2. The molecule has 1 aromatic heterocycles. The van der Waals surface area contributed by atoms with Crippen LogP contribution in [0.1, 0.15) is 12.5 Å². The quantitative estimate of drug-likeness (QED) is 0.588. The van der Waals surface area contributed by atoms with Crippen LogP contribution in [0.5, 0.6) is 0 Å². The lowest BCUT2D eigenvalue weighted by Gasteiger charge is -2.09. The molecule has 1 heterocycles. The van der Waals surface area contributed by atoms with Gasteiger partial charge >= 0.3 is 5.97 Å². The summed E-state index contributed by atoms with van der Waals surface area (Å²) in [6.45, 7) is 2.01. The summed E-state index contributed by atoms with van der Waals surface area (Å²) in [4.78, 5) is 14.6. The van der Waals surface area contributed by atoms with Crippen LogP contribution in [0.4, 0.5) is 4.39 Å². The third-order valence-electron chi connectivity index (χ3n) is 1.83. The number of rotatable bonds is 4. The number of nitrogens with zero attached hydrogens (tertiary/aromatic N) is 1. The average Bonchev–Trinajstić information content (AvgIpc) is 2.22. The first-order chi connectivity index (χ1) is 7.13. The Morgan fingerprint density at radius 2 is 2.40 bits per heavy atom. The summed E-state index contributed by atoms with van der Waals surface area (Å²) in [5, 5.41) is 0. The minimum Gasteiger partial charge on any atom is -0.465 e. The van der Waals surface area contributed by atoms with Gasteiger partial charge in [-0.3, -0.25) is 4.79 Å². The van der Waals surface area contributed by atoms with Crippen LogP contribution in [0.3, 0.4) is 0 Å². The van der Waals surface area contributed by atoms with Crippen LogP contribution in [-0.2, 0) is 16.0 Å². The Balaban J connectivity index is 2.54. The number of halogens is 1. The number of pyridine rings is 1. The van der Waals surface area contributed by atoms with Gasteiger partial charge < -0.3 is 10.5 Å². The maximum Gasteiger partial charge on any atom is 0.323 e. The van der Waals surface area contributed by atoms with Gasteiger partial charge in [0, 0.05) is 6.20 Å². The number of carbonyl (C=O) groups excluding carboxylic acids is 1. The number of carbonyl (C=O) groups is 1.